The summed E-state index contributed by atoms with van der Waals surface area (Å²) in [6, 6.07) is 8.38. The molecule has 2 aromatic carbocycles. The van der Waals surface area contributed by atoms with Gasteiger partial charge in [-0.2, -0.15) is 0 Å². The van der Waals surface area contributed by atoms with Crippen molar-refractivity contribution in [3.63, 3.8) is 0 Å². The number of hydrogen-bond acceptors (Lipinski definition) is 3. The van der Waals surface area contributed by atoms with Gasteiger partial charge in [0.15, 0.2) is 0 Å². The lowest BCUT2D eigenvalue weighted by Gasteiger charge is -2.11. The van der Waals surface area contributed by atoms with Crippen LogP contribution in [0.2, 0.25) is 0 Å². The van der Waals surface area contributed by atoms with Crippen LogP contribution in [0, 0.1) is 5.82 Å². The standard InChI is InChI=1S/C12H9Br2FN2O2S/c13-7-1-4-12(10(15)5-7)20(18,19)17-11-6-8(16)2-3-9(11)14/h1-6,17H,16H2. The summed E-state index contributed by atoms with van der Waals surface area (Å²) in [6.45, 7) is 0. The van der Waals surface area contributed by atoms with Crippen molar-refractivity contribution in [2.24, 2.45) is 0 Å². The van der Waals surface area contributed by atoms with Crippen LogP contribution in [-0.2, 0) is 10.0 Å². The maximum Gasteiger partial charge on any atom is 0.264 e. The van der Waals surface area contributed by atoms with Crippen LogP contribution in [-0.4, -0.2) is 8.42 Å². The molecular formula is C12H9Br2FN2O2S. The summed E-state index contributed by atoms with van der Waals surface area (Å²) in [6.07, 6.45) is 0. The minimum absolute atomic E-state index is 0.243. The molecule has 0 atom stereocenters. The van der Waals surface area contributed by atoms with Crippen LogP contribution in [0.5, 0.6) is 0 Å². The van der Waals surface area contributed by atoms with Crippen molar-refractivity contribution in [2.45, 2.75) is 4.90 Å². The van der Waals surface area contributed by atoms with Gasteiger partial charge in [0, 0.05) is 14.6 Å². The van der Waals surface area contributed by atoms with Crippen LogP contribution >= 0.6 is 31.9 Å². The van der Waals surface area contributed by atoms with Gasteiger partial charge in [0.05, 0.1) is 5.69 Å². The van der Waals surface area contributed by atoms with Crippen LogP contribution in [0.1, 0.15) is 0 Å². The number of sulfonamides is 1. The normalized spacial score (nSPS) is 11.3. The Morgan fingerprint density at radius 3 is 2.45 bits per heavy atom. The van der Waals surface area contributed by atoms with E-state index in [1.54, 1.807) is 12.1 Å². The van der Waals surface area contributed by atoms with E-state index in [4.69, 9.17) is 5.73 Å². The molecule has 20 heavy (non-hydrogen) atoms. The molecule has 8 heteroatoms. The smallest absolute Gasteiger partial charge is 0.264 e. The first-order valence-corrected chi connectivity index (χ1v) is 8.39. The van der Waals surface area contributed by atoms with Gasteiger partial charge in [-0.1, -0.05) is 15.9 Å². The maximum absolute atomic E-state index is 13.7. The van der Waals surface area contributed by atoms with E-state index in [2.05, 4.69) is 36.6 Å². The molecule has 0 heterocycles. The Morgan fingerprint density at radius 1 is 1.10 bits per heavy atom. The molecule has 0 spiro atoms. The van der Waals surface area contributed by atoms with E-state index < -0.39 is 20.7 Å². The Morgan fingerprint density at radius 2 is 1.80 bits per heavy atom. The molecule has 0 fully saturated rings. The van der Waals surface area contributed by atoms with Crippen molar-refractivity contribution in [1.29, 1.82) is 0 Å². The molecule has 3 N–H and O–H groups in total. The van der Waals surface area contributed by atoms with E-state index in [0.717, 1.165) is 6.07 Å². The first-order chi connectivity index (χ1) is 9.29. The molecular weight excluding hydrogens is 415 g/mol. The molecule has 0 radical (unpaired) electrons. The van der Waals surface area contributed by atoms with Crippen molar-refractivity contribution in [2.75, 3.05) is 10.5 Å². The number of nitrogens with one attached hydrogen (secondary N) is 1. The van der Waals surface area contributed by atoms with Gasteiger partial charge >= 0.3 is 0 Å². The Labute approximate surface area is 132 Å². The molecule has 0 aromatic heterocycles. The topological polar surface area (TPSA) is 72.2 Å². The zero-order valence-corrected chi connectivity index (χ0v) is 13.9. The van der Waals surface area contributed by atoms with Crippen LogP contribution in [0.15, 0.2) is 50.2 Å². The number of rotatable bonds is 3. The highest BCUT2D eigenvalue weighted by atomic mass is 79.9. The Hall–Kier alpha value is -1.12. The molecule has 0 amide bonds. The minimum Gasteiger partial charge on any atom is -0.399 e. The third kappa shape index (κ3) is 3.31. The summed E-state index contributed by atoms with van der Waals surface area (Å²) < 4.78 is 41.3. The van der Waals surface area contributed by atoms with Crippen molar-refractivity contribution < 1.29 is 12.8 Å². The predicted molar refractivity (Wildman–Crippen MR) is 83.5 cm³/mol. The van der Waals surface area contributed by atoms with Crippen LogP contribution in [0.4, 0.5) is 15.8 Å². The first-order valence-electron chi connectivity index (χ1n) is 5.32. The van der Waals surface area contributed by atoms with E-state index in [0.29, 0.717) is 14.6 Å². The molecule has 0 saturated heterocycles. The van der Waals surface area contributed by atoms with Crippen LogP contribution < -0.4 is 10.5 Å². The number of hydrogen-bond donors (Lipinski definition) is 2. The Bertz CT molecular complexity index is 766. The average Bonchev–Trinajstić information content (AvgIpc) is 2.33. The lowest BCUT2D eigenvalue weighted by atomic mass is 10.3. The molecule has 0 saturated carbocycles. The summed E-state index contributed by atoms with van der Waals surface area (Å²) in [5.74, 6) is -0.841. The minimum atomic E-state index is -4.03. The van der Waals surface area contributed by atoms with E-state index >= 15 is 0 Å². The summed E-state index contributed by atoms with van der Waals surface area (Å²) >= 11 is 6.27. The number of nitrogens with two attached hydrogens (primary N) is 1. The third-order valence-electron chi connectivity index (χ3n) is 2.42. The molecule has 0 aliphatic carbocycles. The van der Waals surface area contributed by atoms with E-state index in [-0.39, 0.29) is 5.69 Å². The average molecular weight is 424 g/mol. The summed E-state index contributed by atoms with van der Waals surface area (Å²) in [4.78, 5) is -0.435. The van der Waals surface area contributed by atoms with Gasteiger partial charge in [-0.25, -0.2) is 12.8 Å². The van der Waals surface area contributed by atoms with Gasteiger partial charge in [-0.15, -0.1) is 0 Å². The van der Waals surface area contributed by atoms with E-state index in [9.17, 15) is 12.8 Å². The van der Waals surface area contributed by atoms with Crippen molar-refractivity contribution >= 4 is 53.3 Å². The first kappa shape index (κ1) is 15.3. The summed E-state index contributed by atoms with van der Waals surface area (Å²) in [5, 5.41) is 0. The largest absolute Gasteiger partial charge is 0.399 e. The number of anilines is 2. The van der Waals surface area contributed by atoms with Crippen LogP contribution in [0.25, 0.3) is 0 Å². The summed E-state index contributed by atoms with van der Waals surface area (Å²) in [7, 11) is -4.03. The lowest BCUT2D eigenvalue weighted by Crippen LogP contribution is -2.15. The van der Waals surface area contributed by atoms with E-state index in [1.165, 1.54) is 18.2 Å². The number of nitrogen functional groups attached to an aromatic ring is 1. The lowest BCUT2D eigenvalue weighted by molar-refractivity contribution is 0.570. The van der Waals surface area contributed by atoms with Gasteiger partial charge in [-0.05, 0) is 52.3 Å². The van der Waals surface area contributed by atoms with Gasteiger partial charge in [0.1, 0.15) is 10.7 Å². The van der Waals surface area contributed by atoms with Gasteiger partial charge < -0.3 is 5.73 Å². The number of halogens is 3. The second-order valence-corrected chi connectivity index (χ2v) is 7.34. The maximum atomic E-state index is 13.7. The molecule has 106 valence electrons. The molecule has 0 aliphatic rings. The van der Waals surface area contributed by atoms with Crippen molar-refractivity contribution in [3.05, 3.63) is 51.2 Å². The highest BCUT2D eigenvalue weighted by Crippen LogP contribution is 2.28. The predicted octanol–water partition coefficient (Wildman–Crippen LogP) is 3.73. The fourth-order valence-electron chi connectivity index (χ4n) is 1.51. The van der Waals surface area contributed by atoms with Gasteiger partial charge in [0.2, 0.25) is 0 Å². The molecule has 4 nitrogen and oxygen atoms in total. The molecule has 0 aliphatic heterocycles. The monoisotopic (exact) mass is 422 g/mol. The van der Waals surface area contributed by atoms with Gasteiger partial charge in [-0.3, -0.25) is 4.72 Å². The third-order valence-corrected chi connectivity index (χ3v) is 5.00. The quantitative estimate of drug-likeness (QED) is 0.738. The zero-order valence-electron chi connectivity index (χ0n) is 9.90. The second-order valence-electron chi connectivity index (χ2n) is 3.92. The summed E-state index contributed by atoms with van der Waals surface area (Å²) in [5.41, 5.74) is 6.23. The fraction of sp³-hybridized carbons (Fsp3) is 0. The SMILES string of the molecule is Nc1ccc(Br)c(NS(=O)(=O)c2ccc(Br)cc2F)c1. The number of benzene rings is 2. The van der Waals surface area contributed by atoms with Crippen molar-refractivity contribution in [1.82, 2.24) is 0 Å². The Balaban J connectivity index is 2.43. The molecule has 0 unspecified atom stereocenters. The van der Waals surface area contributed by atoms with Crippen LogP contribution in [0.3, 0.4) is 0 Å². The molecule has 0 bridgehead atoms. The second kappa shape index (κ2) is 5.71. The highest BCUT2D eigenvalue weighted by molar-refractivity contribution is 9.10. The van der Waals surface area contributed by atoms with Gasteiger partial charge in [0.25, 0.3) is 10.0 Å². The fourth-order valence-corrected chi connectivity index (χ4v) is 3.46. The highest BCUT2D eigenvalue weighted by Gasteiger charge is 2.20. The molecule has 2 rings (SSSR count). The van der Waals surface area contributed by atoms with E-state index in [1.807, 2.05) is 0 Å². The zero-order chi connectivity index (χ0) is 14.9. The Kier molecular flexibility index (Phi) is 4.36. The van der Waals surface area contributed by atoms with Crippen molar-refractivity contribution in [3.8, 4) is 0 Å². The molecule has 2 aromatic rings.